The van der Waals surface area contributed by atoms with Gasteiger partial charge in [-0.25, -0.2) is 0 Å². The average molecular weight is 521 g/mol. The fourth-order valence-electron chi connectivity index (χ4n) is 4.76. The maximum atomic E-state index is 13.8. The first kappa shape index (κ1) is 25.1. The predicted octanol–water partition coefficient (Wildman–Crippen LogP) is 5.23. The first-order valence-corrected chi connectivity index (χ1v) is 13.6. The van der Waals surface area contributed by atoms with Crippen LogP contribution in [0.1, 0.15) is 52.7 Å². The van der Waals surface area contributed by atoms with Crippen molar-refractivity contribution in [1.82, 2.24) is 9.80 Å². The number of nitrogens with zero attached hydrogens (tertiary/aromatic N) is 2. The van der Waals surface area contributed by atoms with Crippen LogP contribution < -0.4 is 14.2 Å². The summed E-state index contributed by atoms with van der Waals surface area (Å²) in [4.78, 5) is 32.2. The average Bonchev–Trinajstić information content (AvgIpc) is 3.59. The molecular weight excluding hydrogens is 488 g/mol. The second kappa shape index (κ2) is 10.8. The maximum Gasteiger partial charge on any atom is 0.254 e. The second-order valence-electron chi connectivity index (χ2n) is 9.53. The fourth-order valence-corrected chi connectivity index (χ4v) is 5.69. The lowest BCUT2D eigenvalue weighted by Crippen LogP contribution is -2.49. The minimum absolute atomic E-state index is 0.00276. The van der Waals surface area contributed by atoms with E-state index in [0.717, 1.165) is 24.2 Å². The summed E-state index contributed by atoms with van der Waals surface area (Å²) >= 11 is 1.72. The van der Waals surface area contributed by atoms with Crippen LogP contribution in [0.2, 0.25) is 0 Å². The number of carbonyl (C=O) groups is 2. The first-order chi connectivity index (χ1) is 17.9. The van der Waals surface area contributed by atoms with Gasteiger partial charge in [-0.05, 0) is 74.0 Å². The molecule has 3 heterocycles. The van der Waals surface area contributed by atoms with Gasteiger partial charge >= 0.3 is 0 Å². The quantitative estimate of drug-likeness (QED) is 0.407. The van der Waals surface area contributed by atoms with E-state index in [4.69, 9.17) is 14.2 Å². The lowest BCUT2D eigenvalue weighted by Gasteiger charge is -2.38. The van der Waals surface area contributed by atoms with Gasteiger partial charge in [-0.15, -0.1) is 11.3 Å². The summed E-state index contributed by atoms with van der Waals surface area (Å²) in [6.45, 7) is 7.14. The first-order valence-electron chi connectivity index (χ1n) is 12.7. The monoisotopic (exact) mass is 520 g/mol. The maximum absolute atomic E-state index is 13.8. The van der Waals surface area contributed by atoms with E-state index in [9.17, 15) is 9.59 Å². The van der Waals surface area contributed by atoms with Crippen molar-refractivity contribution < 1.29 is 23.8 Å². The zero-order valence-corrected chi connectivity index (χ0v) is 22.3. The normalized spacial score (nSPS) is 16.7. The smallest absolute Gasteiger partial charge is 0.254 e. The lowest BCUT2D eigenvalue weighted by molar-refractivity contribution is -0.136. The topological polar surface area (TPSA) is 68.3 Å². The molecule has 0 fully saturated rings. The van der Waals surface area contributed by atoms with Crippen LogP contribution in [0, 0.1) is 6.92 Å². The molecule has 0 N–H and O–H groups in total. The Morgan fingerprint density at radius 3 is 2.70 bits per heavy atom. The molecule has 2 aliphatic heterocycles. The molecule has 0 unspecified atom stereocenters. The molecule has 0 spiro atoms. The minimum Gasteiger partial charge on any atom is -0.491 e. The minimum atomic E-state index is -0.205. The molecule has 0 saturated carbocycles. The van der Waals surface area contributed by atoms with Crippen molar-refractivity contribution in [3.05, 3.63) is 75.5 Å². The van der Waals surface area contributed by atoms with Crippen molar-refractivity contribution in [1.29, 1.82) is 0 Å². The van der Waals surface area contributed by atoms with Gasteiger partial charge in [0, 0.05) is 23.0 Å². The third-order valence-corrected chi connectivity index (χ3v) is 8.15. The number of benzene rings is 2. The van der Waals surface area contributed by atoms with E-state index < -0.39 is 0 Å². The molecule has 1 aromatic heterocycles. The molecule has 0 radical (unpaired) electrons. The molecule has 0 saturated heterocycles. The van der Waals surface area contributed by atoms with Crippen molar-refractivity contribution in [2.75, 3.05) is 26.5 Å². The Bertz CT molecular complexity index is 1270. The number of aryl methyl sites for hydroxylation is 1. The van der Waals surface area contributed by atoms with Crippen LogP contribution in [-0.4, -0.2) is 54.1 Å². The summed E-state index contributed by atoms with van der Waals surface area (Å²) in [5.74, 6) is 1.68. The molecule has 37 heavy (non-hydrogen) atoms. The Balaban J connectivity index is 1.35. The highest BCUT2D eigenvalue weighted by atomic mass is 32.1. The zero-order valence-electron chi connectivity index (χ0n) is 21.4. The van der Waals surface area contributed by atoms with Crippen molar-refractivity contribution in [2.45, 2.75) is 45.7 Å². The summed E-state index contributed by atoms with van der Waals surface area (Å²) in [5, 5.41) is 2.08. The molecular formula is C29H32N2O5S. The Morgan fingerprint density at radius 2 is 1.92 bits per heavy atom. The van der Waals surface area contributed by atoms with Crippen molar-refractivity contribution in [2.24, 2.45) is 0 Å². The van der Waals surface area contributed by atoms with Crippen LogP contribution in [-0.2, 0) is 11.2 Å². The number of hydrogen-bond donors (Lipinski definition) is 0. The van der Waals surface area contributed by atoms with Crippen LogP contribution in [0.15, 0.2) is 53.9 Å². The third kappa shape index (κ3) is 5.30. The number of amides is 2. The van der Waals surface area contributed by atoms with Crippen LogP contribution >= 0.6 is 11.3 Å². The van der Waals surface area contributed by atoms with Crippen LogP contribution in [0.5, 0.6) is 17.2 Å². The molecule has 3 aromatic rings. The van der Waals surface area contributed by atoms with Crippen LogP contribution in [0.25, 0.3) is 0 Å². The molecule has 7 nitrogen and oxygen atoms in total. The molecule has 0 aliphatic carbocycles. The van der Waals surface area contributed by atoms with Crippen LogP contribution in [0.3, 0.4) is 0 Å². The predicted molar refractivity (Wildman–Crippen MR) is 143 cm³/mol. The molecule has 2 atom stereocenters. The van der Waals surface area contributed by atoms with Gasteiger partial charge in [-0.1, -0.05) is 24.6 Å². The highest BCUT2D eigenvalue weighted by Crippen LogP contribution is 2.35. The standard InChI is InChI=1S/C29H32N2O5S/c1-4-20(3)31(29(33)21-7-10-25-26(15-21)36-18-35-25)16-28(32)30-13-11-27-23(12-14-37-27)24(30)17-34-22-8-5-19(2)6-9-22/h5-10,12,14-15,20,24H,4,11,13,16-18H2,1-3H3/t20-,24-/m1/s1. The Labute approximate surface area is 221 Å². The summed E-state index contributed by atoms with van der Waals surface area (Å²) in [6, 6.07) is 14.9. The number of thiophene rings is 1. The highest BCUT2D eigenvalue weighted by molar-refractivity contribution is 7.10. The summed E-state index contributed by atoms with van der Waals surface area (Å²) in [7, 11) is 0. The fraction of sp³-hybridized carbons (Fsp3) is 0.379. The number of hydrogen-bond acceptors (Lipinski definition) is 6. The zero-order chi connectivity index (χ0) is 25.9. The van der Waals surface area contributed by atoms with Crippen molar-refractivity contribution in [3.63, 3.8) is 0 Å². The molecule has 194 valence electrons. The number of rotatable bonds is 8. The second-order valence-corrected chi connectivity index (χ2v) is 10.5. The Hall–Kier alpha value is -3.52. The van der Waals surface area contributed by atoms with Crippen LogP contribution in [0.4, 0.5) is 0 Å². The Morgan fingerprint density at radius 1 is 1.14 bits per heavy atom. The number of ether oxygens (including phenoxy) is 3. The van der Waals surface area contributed by atoms with E-state index in [1.807, 2.05) is 49.9 Å². The van der Waals surface area contributed by atoms with Gasteiger partial charge in [-0.3, -0.25) is 9.59 Å². The van der Waals surface area contributed by atoms with E-state index in [0.29, 0.717) is 30.2 Å². The molecule has 2 aromatic carbocycles. The summed E-state index contributed by atoms with van der Waals surface area (Å²) in [5.41, 5.74) is 2.78. The van der Waals surface area contributed by atoms with E-state index in [2.05, 4.69) is 11.4 Å². The van der Waals surface area contributed by atoms with Gasteiger partial charge in [0.2, 0.25) is 12.7 Å². The highest BCUT2D eigenvalue weighted by Gasteiger charge is 2.34. The molecule has 2 aliphatic rings. The van der Waals surface area contributed by atoms with Gasteiger partial charge < -0.3 is 24.0 Å². The molecule has 0 bridgehead atoms. The summed E-state index contributed by atoms with van der Waals surface area (Å²) < 4.78 is 17.0. The number of fused-ring (bicyclic) bond motifs is 2. The van der Waals surface area contributed by atoms with E-state index in [-0.39, 0.29) is 37.2 Å². The molecule has 8 heteroatoms. The SMILES string of the molecule is CC[C@@H](C)N(CC(=O)N1CCc2sccc2[C@H]1COc1ccc(C)cc1)C(=O)c1ccc2c(c1)OCO2. The van der Waals surface area contributed by atoms with Gasteiger partial charge in [-0.2, -0.15) is 0 Å². The van der Waals surface area contributed by atoms with Crippen molar-refractivity contribution in [3.8, 4) is 17.2 Å². The molecule has 2 amide bonds. The summed E-state index contributed by atoms with van der Waals surface area (Å²) in [6.07, 6.45) is 1.54. The van der Waals surface area contributed by atoms with E-state index >= 15 is 0 Å². The van der Waals surface area contributed by atoms with Crippen molar-refractivity contribution >= 4 is 23.2 Å². The Kier molecular flexibility index (Phi) is 7.37. The van der Waals surface area contributed by atoms with Gasteiger partial charge in [0.15, 0.2) is 11.5 Å². The number of carbonyl (C=O) groups excluding carboxylic acids is 2. The third-order valence-electron chi connectivity index (χ3n) is 7.15. The van der Waals surface area contributed by atoms with E-state index in [1.165, 1.54) is 10.4 Å². The van der Waals surface area contributed by atoms with Gasteiger partial charge in [0.05, 0.1) is 6.04 Å². The van der Waals surface area contributed by atoms with Gasteiger partial charge in [0.1, 0.15) is 18.9 Å². The van der Waals surface area contributed by atoms with Gasteiger partial charge in [0.25, 0.3) is 5.91 Å². The lowest BCUT2D eigenvalue weighted by atomic mass is 10.00. The largest absolute Gasteiger partial charge is 0.491 e. The molecule has 5 rings (SSSR count). The van der Waals surface area contributed by atoms with E-state index in [1.54, 1.807) is 34.4 Å².